The first-order valence-corrected chi connectivity index (χ1v) is 12.6. The molecular weight excluding hydrogens is 492 g/mol. The molecule has 1 N–H and O–H groups in total. The standard InChI is InChI=1S/C24H30ClF2N7O2/c1-3-33-15(2)19-11-17(18(25)12-28-19)20-13-34-22(29-14-30-34)23(32-20)36-10-6-4-5-7-16(31-24(33)35)8-9-21(26)27/h11-16,21H,3-10H2,1-2H3,(H,31,35)/t15-,16-/m1/s1. The van der Waals surface area contributed by atoms with Crippen molar-refractivity contribution in [3.63, 3.8) is 0 Å². The van der Waals surface area contributed by atoms with Crippen molar-refractivity contribution in [2.45, 2.75) is 70.9 Å². The first-order chi connectivity index (χ1) is 17.4. The highest BCUT2D eigenvalue weighted by Gasteiger charge is 2.25. The van der Waals surface area contributed by atoms with Crippen molar-refractivity contribution >= 4 is 23.3 Å². The maximum Gasteiger partial charge on any atom is 0.318 e. The van der Waals surface area contributed by atoms with Crippen LogP contribution in [0.3, 0.4) is 0 Å². The van der Waals surface area contributed by atoms with Gasteiger partial charge in [0.05, 0.1) is 35.3 Å². The van der Waals surface area contributed by atoms with Crippen LogP contribution in [0, 0.1) is 0 Å². The molecule has 0 aromatic carbocycles. The number of hydrogen-bond acceptors (Lipinski definition) is 6. The molecule has 0 spiro atoms. The highest BCUT2D eigenvalue weighted by molar-refractivity contribution is 6.33. The van der Waals surface area contributed by atoms with Crippen LogP contribution >= 0.6 is 11.6 Å². The van der Waals surface area contributed by atoms with Crippen LogP contribution in [0.1, 0.15) is 64.1 Å². The summed E-state index contributed by atoms with van der Waals surface area (Å²) in [5.41, 5.74) is 2.26. The lowest BCUT2D eigenvalue weighted by Gasteiger charge is -2.30. The maximum atomic E-state index is 13.2. The second-order valence-corrected chi connectivity index (χ2v) is 9.23. The number of carbonyl (C=O) groups excluding carboxylic acids is 1. The molecule has 0 saturated carbocycles. The number of nitrogens with zero attached hydrogens (tertiary/aromatic N) is 6. The molecule has 4 bridgehead atoms. The summed E-state index contributed by atoms with van der Waals surface area (Å²) < 4.78 is 33.4. The van der Waals surface area contributed by atoms with E-state index in [0.717, 1.165) is 19.3 Å². The Morgan fingerprint density at radius 3 is 2.89 bits per heavy atom. The van der Waals surface area contributed by atoms with Crippen LogP contribution in [0.4, 0.5) is 13.6 Å². The highest BCUT2D eigenvalue weighted by atomic mass is 35.5. The Morgan fingerprint density at radius 1 is 1.28 bits per heavy atom. The summed E-state index contributed by atoms with van der Waals surface area (Å²) in [6.07, 6.45) is 5.16. The number of fused-ring (bicyclic) bond motifs is 7. The van der Waals surface area contributed by atoms with Gasteiger partial charge in [-0.25, -0.2) is 28.1 Å². The van der Waals surface area contributed by atoms with Crippen molar-refractivity contribution < 1.29 is 18.3 Å². The molecule has 3 aromatic heterocycles. The SMILES string of the molecule is CCN1C(=O)N[C@@H](CCC(F)F)CCCCCOc2nc(cn3ncnc23)-c2cc(ncc2Cl)[C@H]1C. The smallest absolute Gasteiger partial charge is 0.318 e. The molecule has 12 heteroatoms. The molecule has 1 aliphatic rings. The number of amides is 2. The molecule has 194 valence electrons. The summed E-state index contributed by atoms with van der Waals surface area (Å²) in [7, 11) is 0. The van der Waals surface area contributed by atoms with E-state index in [0.29, 0.717) is 53.1 Å². The largest absolute Gasteiger partial charge is 0.475 e. The van der Waals surface area contributed by atoms with Gasteiger partial charge in [0.1, 0.15) is 6.33 Å². The highest BCUT2D eigenvalue weighted by Crippen LogP contribution is 2.32. The lowest BCUT2D eigenvalue weighted by Crippen LogP contribution is -2.46. The van der Waals surface area contributed by atoms with Crippen molar-refractivity contribution in [2.24, 2.45) is 0 Å². The van der Waals surface area contributed by atoms with E-state index < -0.39 is 12.5 Å². The second kappa shape index (κ2) is 11.8. The molecule has 4 heterocycles. The van der Waals surface area contributed by atoms with Crippen LogP contribution in [0.5, 0.6) is 5.88 Å². The van der Waals surface area contributed by atoms with Gasteiger partial charge in [-0.1, -0.05) is 18.0 Å². The number of halogens is 3. The molecule has 0 unspecified atom stereocenters. The third-order valence-electron chi connectivity index (χ3n) is 6.38. The van der Waals surface area contributed by atoms with E-state index in [4.69, 9.17) is 16.3 Å². The minimum atomic E-state index is -2.41. The normalized spacial score (nSPS) is 19.7. The zero-order valence-electron chi connectivity index (χ0n) is 20.3. The van der Waals surface area contributed by atoms with Gasteiger partial charge >= 0.3 is 6.03 Å². The Balaban J connectivity index is 1.71. The molecule has 1 aliphatic heterocycles. The molecular formula is C24H30ClF2N7O2. The predicted molar refractivity (Wildman–Crippen MR) is 131 cm³/mol. The third-order valence-corrected chi connectivity index (χ3v) is 6.68. The summed E-state index contributed by atoms with van der Waals surface area (Å²) >= 11 is 6.51. The first-order valence-electron chi connectivity index (χ1n) is 12.2. The average Bonchev–Trinajstić information content (AvgIpc) is 3.33. The topological polar surface area (TPSA) is 97.5 Å². The number of aromatic nitrogens is 5. The van der Waals surface area contributed by atoms with Crippen molar-refractivity contribution in [3.05, 3.63) is 35.5 Å². The number of ether oxygens (including phenoxy) is 1. The number of hydrogen-bond donors (Lipinski definition) is 1. The summed E-state index contributed by atoms with van der Waals surface area (Å²) in [4.78, 5) is 28.2. The zero-order valence-corrected chi connectivity index (χ0v) is 21.1. The fraction of sp³-hybridized carbons (Fsp3) is 0.542. The van der Waals surface area contributed by atoms with Crippen LogP contribution in [0.15, 0.2) is 24.8 Å². The van der Waals surface area contributed by atoms with Gasteiger partial charge in [-0.2, -0.15) is 5.10 Å². The minimum Gasteiger partial charge on any atom is -0.475 e. The first kappa shape index (κ1) is 26.0. The van der Waals surface area contributed by atoms with E-state index in [2.05, 4.69) is 25.4 Å². The average molecular weight is 522 g/mol. The number of pyridine rings is 1. The zero-order chi connectivity index (χ0) is 25.7. The molecule has 0 saturated heterocycles. The monoisotopic (exact) mass is 521 g/mol. The van der Waals surface area contributed by atoms with Gasteiger partial charge in [-0.3, -0.25) is 4.98 Å². The lowest BCUT2D eigenvalue weighted by molar-refractivity contribution is 0.127. The van der Waals surface area contributed by atoms with Gasteiger partial charge in [-0.15, -0.1) is 0 Å². The van der Waals surface area contributed by atoms with Crippen LogP contribution in [-0.4, -0.2) is 61.1 Å². The summed E-state index contributed by atoms with van der Waals surface area (Å²) in [6, 6.07) is 0.748. The lowest BCUT2D eigenvalue weighted by atomic mass is 10.0. The van der Waals surface area contributed by atoms with Crippen molar-refractivity contribution in [1.29, 1.82) is 0 Å². The van der Waals surface area contributed by atoms with Gasteiger partial charge in [-0.05, 0) is 45.6 Å². The Hall–Kier alpha value is -3.08. The minimum absolute atomic E-state index is 0.218. The Bertz CT molecular complexity index is 1190. The molecule has 2 atom stereocenters. The fourth-order valence-electron chi connectivity index (χ4n) is 4.37. The van der Waals surface area contributed by atoms with Crippen LogP contribution in [-0.2, 0) is 0 Å². The van der Waals surface area contributed by atoms with Crippen molar-refractivity contribution in [3.8, 4) is 17.1 Å². The third kappa shape index (κ3) is 6.00. The summed E-state index contributed by atoms with van der Waals surface area (Å²) in [5.74, 6) is 0.346. The molecule has 0 radical (unpaired) electrons. The number of nitrogens with one attached hydrogen (secondary N) is 1. The van der Waals surface area contributed by atoms with E-state index >= 15 is 0 Å². The van der Waals surface area contributed by atoms with Gasteiger partial charge in [0.15, 0.2) is 0 Å². The molecule has 2 amide bonds. The van der Waals surface area contributed by atoms with E-state index in [9.17, 15) is 13.6 Å². The molecule has 0 fully saturated rings. The van der Waals surface area contributed by atoms with Crippen LogP contribution in [0.2, 0.25) is 5.02 Å². The quantitative estimate of drug-likeness (QED) is 0.500. The van der Waals surface area contributed by atoms with Crippen LogP contribution < -0.4 is 10.1 Å². The predicted octanol–water partition coefficient (Wildman–Crippen LogP) is 5.30. The molecule has 3 aromatic rings. The fourth-order valence-corrected chi connectivity index (χ4v) is 4.57. The van der Waals surface area contributed by atoms with Gasteiger partial charge < -0.3 is 15.0 Å². The Morgan fingerprint density at radius 2 is 2.11 bits per heavy atom. The van der Waals surface area contributed by atoms with Crippen LogP contribution in [0.25, 0.3) is 16.9 Å². The molecule has 4 rings (SSSR count). The van der Waals surface area contributed by atoms with E-state index in [-0.39, 0.29) is 24.9 Å². The number of carbonyl (C=O) groups is 1. The molecule has 0 aliphatic carbocycles. The van der Waals surface area contributed by atoms with E-state index in [1.54, 1.807) is 21.7 Å². The Labute approximate surface area is 213 Å². The van der Waals surface area contributed by atoms with E-state index in [1.807, 2.05) is 13.8 Å². The van der Waals surface area contributed by atoms with Gasteiger partial charge in [0.2, 0.25) is 12.1 Å². The van der Waals surface area contributed by atoms with Gasteiger partial charge in [0.25, 0.3) is 5.88 Å². The van der Waals surface area contributed by atoms with Crippen molar-refractivity contribution in [1.82, 2.24) is 34.8 Å². The number of urea groups is 1. The summed E-state index contributed by atoms with van der Waals surface area (Å²) in [6.45, 7) is 4.56. The molecule has 9 nitrogen and oxygen atoms in total. The number of alkyl halides is 2. The summed E-state index contributed by atoms with van der Waals surface area (Å²) in [5, 5.41) is 7.60. The Kier molecular flexibility index (Phi) is 8.50. The van der Waals surface area contributed by atoms with Crippen molar-refractivity contribution in [2.75, 3.05) is 13.2 Å². The molecule has 36 heavy (non-hydrogen) atoms. The maximum absolute atomic E-state index is 13.2. The van der Waals surface area contributed by atoms with Gasteiger partial charge in [0, 0.05) is 30.8 Å². The van der Waals surface area contributed by atoms with E-state index in [1.165, 1.54) is 12.5 Å². The number of rotatable bonds is 4. The second-order valence-electron chi connectivity index (χ2n) is 8.82.